The minimum Gasteiger partial charge on any atom is -0.385 e. The van der Waals surface area contributed by atoms with Crippen molar-refractivity contribution >= 4 is 23.1 Å². The molecule has 0 fully saturated rings. The van der Waals surface area contributed by atoms with Crippen molar-refractivity contribution in [1.82, 2.24) is 0 Å². The third-order valence-electron chi connectivity index (χ3n) is 4.84. The van der Waals surface area contributed by atoms with Crippen LogP contribution in [0.4, 0.5) is 11.4 Å². The molecule has 0 saturated heterocycles. The highest BCUT2D eigenvalue weighted by Gasteiger charge is 2.24. The fourth-order valence-corrected chi connectivity index (χ4v) is 4.58. The molecule has 1 heterocycles. The predicted octanol–water partition coefficient (Wildman–Crippen LogP) is 3.46. The highest BCUT2D eigenvalue weighted by atomic mass is 32.2. The maximum absolute atomic E-state index is 10.7. The Morgan fingerprint density at radius 2 is 1.41 bits per heavy atom. The monoisotopic (exact) mass is 377 g/mol. The number of hydrogen-bond acceptors (Lipinski definition) is 3. The highest BCUT2D eigenvalue weighted by molar-refractivity contribution is 7.99. The fraction of sp³-hybridized carbons (Fsp3) is 0.217. The van der Waals surface area contributed by atoms with E-state index in [1.165, 1.54) is 26.7 Å². The molecule has 1 aliphatic rings. The van der Waals surface area contributed by atoms with E-state index in [0.29, 0.717) is 13.1 Å². The zero-order chi connectivity index (χ0) is 18.5. The van der Waals surface area contributed by atoms with Crippen molar-refractivity contribution in [1.29, 1.82) is 0 Å². The summed E-state index contributed by atoms with van der Waals surface area (Å²) >= 11 is 1.80. The Bertz CT molecular complexity index is 839. The van der Waals surface area contributed by atoms with E-state index >= 15 is 0 Å². The average Bonchev–Trinajstić information content (AvgIpc) is 2.72. The lowest BCUT2D eigenvalue weighted by atomic mass is 10.1. The van der Waals surface area contributed by atoms with E-state index in [1.807, 2.05) is 6.07 Å². The number of rotatable bonds is 7. The standard InChI is InChI=1S/C23H24N2OS/c26-19(16-24-15-14-18-8-2-1-3-9-18)17-25-20-10-4-6-12-22(20)27-23-13-7-5-11-21(23)25/h1-13,19,24,26H,14-17H2/p+1/t19-/m0/s1. The molecule has 0 spiro atoms. The Balaban J connectivity index is 1.38. The molecule has 3 aromatic carbocycles. The second kappa shape index (κ2) is 8.61. The molecule has 3 nitrogen and oxygen atoms in total. The molecular formula is C23H25N2OS+. The molecule has 0 amide bonds. The Kier molecular flexibility index (Phi) is 5.78. The van der Waals surface area contributed by atoms with Crippen molar-refractivity contribution in [2.45, 2.75) is 22.3 Å². The number of nitrogens with zero attached hydrogens (tertiary/aromatic N) is 1. The number of anilines is 2. The zero-order valence-electron chi connectivity index (χ0n) is 15.3. The number of aliphatic hydroxyl groups excluding tert-OH is 1. The summed E-state index contributed by atoms with van der Waals surface area (Å²) in [6.07, 6.45) is 0.643. The number of fused-ring (bicyclic) bond motifs is 2. The molecule has 0 aliphatic carbocycles. The number of aliphatic hydroxyl groups is 1. The minimum absolute atomic E-state index is 0.384. The smallest absolute Gasteiger partial charge is 0.121 e. The molecule has 1 atom stereocenters. The van der Waals surface area contributed by atoms with E-state index < -0.39 is 0 Å². The van der Waals surface area contributed by atoms with Crippen LogP contribution >= 0.6 is 11.8 Å². The number of β-amino-alcohol motifs (C(OH)–C–C–N with tert-alkyl or cyclic N) is 1. The summed E-state index contributed by atoms with van der Waals surface area (Å²) in [5, 5.41) is 12.9. The van der Waals surface area contributed by atoms with E-state index in [4.69, 9.17) is 0 Å². The van der Waals surface area contributed by atoms with Gasteiger partial charge in [-0.05, 0) is 29.8 Å². The quantitative estimate of drug-likeness (QED) is 0.620. The van der Waals surface area contributed by atoms with Crippen LogP contribution in [-0.2, 0) is 6.42 Å². The molecule has 138 valence electrons. The van der Waals surface area contributed by atoms with Crippen LogP contribution in [0.1, 0.15) is 5.56 Å². The summed E-state index contributed by atoms with van der Waals surface area (Å²) in [7, 11) is 0. The van der Waals surface area contributed by atoms with E-state index in [2.05, 4.69) is 83.0 Å². The molecule has 4 heteroatoms. The lowest BCUT2D eigenvalue weighted by Gasteiger charge is -2.33. The summed E-state index contributed by atoms with van der Waals surface area (Å²) in [6.45, 7) is 2.31. The maximum Gasteiger partial charge on any atom is 0.121 e. The number of nitrogens with two attached hydrogens (primary N) is 1. The zero-order valence-corrected chi connectivity index (χ0v) is 16.1. The van der Waals surface area contributed by atoms with Crippen molar-refractivity contribution in [3.05, 3.63) is 84.4 Å². The first kappa shape index (κ1) is 18.1. The Morgan fingerprint density at radius 3 is 2.07 bits per heavy atom. The summed E-state index contributed by atoms with van der Waals surface area (Å²) in [5.74, 6) is 0. The van der Waals surface area contributed by atoms with Gasteiger partial charge in [0.15, 0.2) is 0 Å². The van der Waals surface area contributed by atoms with E-state index in [0.717, 1.165) is 13.0 Å². The highest BCUT2D eigenvalue weighted by Crippen LogP contribution is 2.47. The molecule has 3 aromatic rings. The number of para-hydroxylation sites is 2. The molecule has 0 bridgehead atoms. The summed E-state index contributed by atoms with van der Waals surface area (Å²) in [6, 6.07) is 27.4. The SMILES string of the molecule is O[C@@H](C[NH2+]CCc1ccccc1)CN1c2ccccc2Sc2ccccc21. The molecule has 27 heavy (non-hydrogen) atoms. The van der Waals surface area contributed by atoms with Crippen molar-refractivity contribution in [2.75, 3.05) is 24.5 Å². The second-order valence-corrected chi connectivity index (χ2v) is 7.93. The molecule has 0 saturated carbocycles. The Hall–Kier alpha value is -2.27. The Labute approximate surface area is 165 Å². The van der Waals surface area contributed by atoms with Gasteiger partial charge in [0.25, 0.3) is 0 Å². The fourth-order valence-electron chi connectivity index (χ4n) is 3.49. The van der Waals surface area contributed by atoms with Gasteiger partial charge in [-0.1, -0.05) is 66.4 Å². The molecule has 4 rings (SSSR count). The van der Waals surface area contributed by atoms with Gasteiger partial charge >= 0.3 is 0 Å². The van der Waals surface area contributed by atoms with Crippen molar-refractivity contribution in [3.8, 4) is 0 Å². The molecular weight excluding hydrogens is 352 g/mol. The van der Waals surface area contributed by atoms with Gasteiger partial charge in [-0.15, -0.1) is 0 Å². The van der Waals surface area contributed by atoms with Gasteiger partial charge in [0.2, 0.25) is 0 Å². The largest absolute Gasteiger partial charge is 0.385 e. The first-order valence-corrected chi connectivity index (χ1v) is 10.3. The maximum atomic E-state index is 10.7. The Morgan fingerprint density at radius 1 is 0.815 bits per heavy atom. The van der Waals surface area contributed by atoms with Gasteiger partial charge in [-0.25, -0.2) is 0 Å². The van der Waals surface area contributed by atoms with Crippen molar-refractivity contribution in [2.24, 2.45) is 0 Å². The van der Waals surface area contributed by atoms with Gasteiger partial charge in [-0.3, -0.25) is 0 Å². The number of quaternary nitrogens is 1. The summed E-state index contributed by atoms with van der Waals surface area (Å²) in [4.78, 5) is 4.75. The number of benzene rings is 3. The van der Waals surface area contributed by atoms with Crippen molar-refractivity contribution in [3.63, 3.8) is 0 Å². The minimum atomic E-state index is -0.384. The second-order valence-electron chi connectivity index (χ2n) is 6.85. The van der Waals surface area contributed by atoms with Crippen LogP contribution in [0, 0.1) is 0 Å². The van der Waals surface area contributed by atoms with E-state index in [1.54, 1.807) is 11.8 Å². The van der Waals surface area contributed by atoms with Crippen LogP contribution in [0.15, 0.2) is 88.7 Å². The third-order valence-corrected chi connectivity index (χ3v) is 5.97. The normalized spacial score (nSPS) is 13.7. The van der Waals surface area contributed by atoms with Crippen LogP contribution in [0.5, 0.6) is 0 Å². The van der Waals surface area contributed by atoms with Crippen LogP contribution in [0.3, 0.4) is 0 Å². The molecule has 1 aliphatic heterocycles. The lowest BCUT2D eigenvalue weighted by Crippen LogP contribution is -2.87. The molecule has 0 radical (unpaired) electrons. The van der Waals surface area contributed by atoms with Crippen LogP contribution in [-0.4, -0.2) is 30.8 Å². The van der Waals surface area contributed by atoms with Gasteiger partial charge < -0.3 is 15.3 Å². The lowest BCUT2D eigenvalue weighted by molar-refractivity contribution is -0.660. The van der Waals surface area contributed by atoms with Gasteiger partial charge in [-0.2, -0.15) is 0 Å². The van der Waals surface area contributed by atoms with Crippen molar-refractivity contribution < 1.29 is 10.4 Å². The van der Waals surface area contributed by atoms with Crippen LogP contribution < -0.4 is 10.2 Å². The van der Waals surface area contributed by atoms with Crippen LogP contribution in [0.2, 0.25) is 0 Å². The van der Waals surface area contributed by atoms with E-state index in [-0.39, 0.29) is 6.10 Å². The molecule has 0 unspecified atom stereocenters. The predicted molar refractivity (Wildman–Crippen MR) is 112 cm³/mol. The molecule has 3 N–H and O–H groups in total. The van der Waals surface area contributed by atoms with Gasteiger partial charge in [0.05, 0.1) is 24.5 Å². The molecule has 0 aromatic heterocycles. The first-order chi connectivity index (χ1) is 13.3. The number of hydrogen-bond donors (Lipinski definition) is 2. The topological polar surface area (TPSA) is 40.1 Å². The average molecular weight is 378 g/mol. The summed E-state index contributed by atoms with van der Waals surface area (Å²) < 4.78 is 0. The van der Waals surface area contributed by atoms with E-state index in [9.17, 15) is 5.11 Å². The first-order valence-electron chi connectivity index (χ1n) is 9.48. The summed E-state index contributed by atoms with van der Waals surface area (Å²) in [5.41, 5.74) is 3.72. The van der Waals surface area contributed by atoms with Crippen LogP contribution in [0.25, 0.3) is 0 Å². The van der Waals surface area contributed by atoms with Gasteiger partial charge in [0.1, 0.15) is 12.6 Å². The third kappa shape index (κ3) is 4.35. The van der Waals surface area contributed by atoms with Gasteiger partial charge in [0, 0.05) is 16.2 Å².